The molecule has 1 aliphatic carbocycles. The van der Waals surface area contributed by atoms with E-state index < -0.39 is 0 Å². The van der Waals surface area contributed by atoms with Crippen molar-refractivity contribution in [2.45, 2.75) is 63.5 Å². The van der Waals surface area contributed by atoms with Crippen LogP contribution in [-0.4, -0.2) is 72.9 Å². The van der Waals surface area contributed by atoms with E-state index in [2.05, 4.69) is 14.7 Å². The molecule has 0 amide bonds. The van der Waals surface area contributed by atoms with Gasteiger partial charge in [-0.2, -0.15) is 0 Å². The van der Waals surface area contributed by atoms with Gasteiger partial charge in [-0.15, -0.1) is 0 Å². The van der Waals surface area contributed by atoms with E-state index in [0.717, 1.165) is 50.7 Å². The number of aliphatic hydroxyl groups excluding tert-OH is 1. The van der Waals surface area contributed by atoms with E-state index in [-0.39, 0.29) is 5.82 Å². The number of hydrogen-bond donors (Lipinski definition) is 1. The molecule has 1 aromatic rings. The number of halogens is 1. The molecule has 3 fully saturated rings. The fourth-order valence-corrected chi connectivity index (χ4v) is 5.75. The highest BCUT2D eigenvalue weighted by molar-refractivity contribution is 5.46. The van der Waals surface area contributed by atoms with E-state index in [0.29, 0.717) is 18.7 Å². The van der Waals surface area contributed by atoms with Gasteiger partial charge in [0.2, 0.25) is 0 Å². The molecule has 29 heavy (non-hydrogen) atoms. The van der Waals surface area contributed by atoms with Crippen molar-refractivity contribution < 1.29 is 9.50 Å². The van der Waals surface area contributed by atoms with Crippen molar-refractivity contribution in [2.24, 2.45) is 5.92 Å². The molecule has 0 radical (unpaired) electrons. The maximum absolute atomic E-state index is 13.2. The third kappa shape index (κ3) is 5.50. The number of benzene rings is 1. The maximum atomic E-state index is 13.2. The van der Waals surface area contributed by atoms with Gasteiger partial charge in [-0.25, -0.2) is 4.39 Å². The molecule has 2 aliphatic heterocycles. The van der Waals surface area contributed by atoms with Crippen LogP contribution in [0.25, 0.3) is 0 Å². The van der Waals surface area contributed by atoms with Gasteiger partial charge in [-0.3, -0.25) is 9.80 Å². The van der Waals surface area contributed by atoms with Crippen molar-refractivity contribution in [2.75, 3.05) is 50.8 Å². The van der Waals surface area contributed by atoms with Gasteiger partial charge in [0.1, 0.15) is 5.82 Å². The van der Waals surface area contributed by atoms with Crippen LogP contribution in [0.5, 0.6) is 0 Å². The van der Waals surface area contributed by atoms with Gasteiger partial charge in [0.25, 0.3) is 0 Å². The normalized spacial score (nSPS) is 26.1. The zero-order valence-corrected chi connectivity index (χ0v) is 17.8. The van der Waals surface area contributed by atoms with E-state index in [4.69, 9.17) is 0 Å². The van der Waals surface area contributed by atoms with Crippen molar-refractivity contribution in [1.82, 2.24) is 9.80 Å². The number of rotatable bonds is 6. The van der Waals surface area contributed by atoms with E-state index in [1.807, 2.05) is 12.1 Å². The number of aliphatic hydroxyl groups is 1. The Balaban J connectivity index is 1.29. The molecular weight excluding hydrogens is 365 g/mol. The lowest BCUT2D eigenvalue weighted by Crippen LogP contribution is -2.58. The molecule has 3 aliphatic rings. The molecule has 2 heterocycles. The third-order valence-electron chi connectivity index (χ3n) is 7.49. The highest BCUT2D eigenvalue weighted by Gasteiger charge is 2.33. The molecule has 2 saturated heterocycles. The molecule has 0 bridgehead atoms. The van der Waals surface area contributed by atoms with Crippen LogP contribution in [0.15, 0.2) is 24.3 Å². The summed E-state index contributed by atoms with van der Waals surface area (Å²) in [4.78, 5) is 7.77. The Kier molecular flexibility index (Phi) is 7.44. The van der Waals surface area contributed by atoms with Crippen molar-refractivity contribution in [3.05, 3.63) is 30.1 Å². The van der Waals surface area contributed by atoms with E-state index >= 15 is 0 Å². The lowest BCUT2D eigenvalue weighted by molar-refractivity contribution is 0.0184. The summed E-state index contributed by atoms with van der Waals surface area (Å²) in [5, 5.41) is 9.64. The number of anilines is 1. The molecular formula is C24H38FN3O. The number of piperazine rings is 1. The van der Waals surface area contributed by atoms with Crippen LogP contribution in [0.3, 0.4) is 0 Å². The molecule has 1 saturated carbocycles. The van der Waals surface area contributed by atoms with Gasteiger partial charge in [0, 0.05) is 63.6 Å². The molecule has 1 N–H and O–H groups in total. The van der Waals surface area contributed by atoms with Gasteiger partial charge in [-0.1, -0.05) is 19.3 Å². The van der Waals surface area contributed by atoms with Crippen LogP contribution in [0.1, 0.15) is 51.4 Å². The summed E-state index contributed by atoms with van der Waals surface area (Å²) in [5.41, 5.74) is 1.14. The van der Waals surface area contributed by atoms with Crippen LogP contribution in [0.4, 0.5) is 10.1 Å². The Bertz CT molecular complexity index is 611. The average Bonchev–Trinajstić information content (AvgIpc) is 2.77. The lowest BCUT2D eigenvalue weighted by Gasteiger charge is -2.47. The number of piperidine rings is 1. The second kappa shape index (κ2) is 10.2. The lowest BCUT2D eigenvalue weighted by atomic mass is 9.88. The minimum Gasteiger partial charge on any atom is -0.396 e. The highest BCUT2D eigenvalue weighted by Crippen LogP contribution is 2.28. The molecule has 4 nitrogen and oxygen atoms in total. The SMILES string of the molecule is OCC[C@H]1CN(C2CCN(c3ccc(F)cc3)CC2)CCN1CC1CCCCC1. The second-order valence-electron chi connectivity index (χ2n) is 9.35. The molecule has 0 spiro atoms. The van der Waals surface area contributed by atoms with Gasteiger partial charge < -0.3 is 10.0 Å². The fraction of sp³-hybridized carbons (Fsp3) is 0.750. The van der Waals surface area contributed by atoms with Crippen molar-refractivity contribution >= 4 is 5.69 Å². The topological polar surface area (TPSA) is 30.0 Å². The van der Waals surface area contributed by atoms with E-state index in [9.17, 15) is 9.50 Å². The van der Waals surface area contributed by atoms with Gasteiger partial charge >= 0.3 is 0 Å². The molecule has 1 atom stereocenters. The summed E-state index contributed by atoms with van der Waals surface area (Å²) in [7, 11) is 0. The maximum Gasteiger partial charge on any atom is 0.123 e. The molecule has 1 aromatic carbocycles. The first-order valence-electron chi connectivity index (χ1n) is 11.8. The predicted molar refractivity (Wildman–Crippen MR) is 117 cm³/mol. The molecule has 0 unspecified atom stereocenters. The Morgan fingerprint density at radius 3 is 2.31 bits per heavy atom. The largest absolute Gasteiger partial charge is 0.396 e. The minimum atomic E-state index is -0.162. The van der Waals surface area contributed by atoms with E-state index in [1.165, 1.54) is 51.5 Å². The summed E-state index contributed by atoms with van der Waals surface area (Å²) < 4.78 is 13.2. The predicted octanol–water partition coefficient (Wildman–Crippen LogP) is 3.74. The Labute approximate surface area is 175 Å². The molecule has 5 heteroatoms. The Morgan fingerprint density at radius 1 is 0.897 bits per heavy atom. The average molecular weight is 404 g/mol. The first-order valence-corrected chi connectivity index (χ1v) is 11.8. The Morgan fingerprint density at radius 2 is 1.62 bits per heavy atom. The Hall–Kier alpha value is -1.17. The zero-order valence-electron chi connectivity index (χ0n) is 17.8. The van der Waals surface area contributed by atoms with Gasteiger partial charge in [0.15, 0.2) is 0 Å². The summed E-state index contributed by atoms with van der Waals surface area (Å²) in [6.07, 6.45) is 10.3. The third-order valence-corrected chi connectivity index (χ3v) is 7.49. The molecule has 4 rings (SSSR count). The summed E-state index contributed by atoms with van der Waals surface area (Å²) in [6.45, 7) is 7.04. The van der Waals surface area contributed by atoms with Gasteiger partial charge in [0.05, 0.1) is 0 Å². The molecule has 0 aromatic heterocycles. The number of hydrogen-bond acceptors (Lipinski definition) is 4. The fourth-order valence-electron chi connectivity index (χ4n) is 5.75. The minimum absolute atomic E-state index is 0.162. The molecule has 162 valence electrons. The zero-order chi connectivity index (χ0) is 20.1. The van der Waals surface area contributed by atoms with E-state index in [1.54, 1.807) is 12.1 Å². The van der Waals surface area contributed by atoms with Crippen molar-refractivity contribution in [1.29, 1.82) is 0 Å². The highest BCUT2D eigenvalue weighted by atomic mass is 19.1. The number of nitrogens with zero attached hydrogens (tertiary/aromatic N) is 3. The standard InChI is InChI=1S/C24H38FN3O/c25-21-6-8-22(9-7-21)26-13-10-23(11-14-26)28-16-15-27(24(19-28)12-17-29)18-20-4-2-1-3-5-20/h6-9,20,23-24,29H,1-5,10-19H2/t24-/m0/s1. The van der Waals surface area contributed by atoms with Crippen LogP contribution in [-0.2, 0) is 0 Å². The van der Waals surface area contributed by atoms with Crippen LogP contribution in [0, 0.1) is 11.7 Å². The first kappa shape index (κ1) is 21.1. The van der Waals surface area contributed by atoms with Crippen LogP contribution in [0.2, 0.25) is 0 Å². The summed E-state index contributed by atoms with van der Waals surface area (Å²) in [5.74, 6) is 0.708. The summed E-state index contributed by atoms with van der Waals surface area (Å²) in [6, 6.07) is 8.07. The van der Waals surface area contributed by atoms with Crippen LogP contribution < -0.4 is 4.90 Å². The van der Waals surface area contributed by atoms with Crippen LogP contribution >= 0.6 is 0 Å². The van der Waals surface area contributed by atoms with Gasteiger partial charge in [-0.05, 0) is 62.3 Å². The first-order chi connectivity index (χ1) is 14.2. The second-order valence-corrected chi connectivity index (χ2v) is 9.35. The monoisotopic (exact) mass is 403 g/mol. The quantitative estimate of drug-likeness (QED) is 0.784. The summed E-state index contributed by atoms with van der Waals surface area (Å²) >= 11 is 0. The van der Waals surface area contributed by atoms with Crippen molar-refractivity contribution in [3.8, 4) is 0 Å². The smallest absolute Gasteiger partial charge is 0.123 e. The van der Waals surface area contributed by atoms with Crippen molar-refractivity contribution in [3.63, 3.8) is 0 Å².